The van der Waals surface area contributed by atoms with Crippen LogP contribution in [0.25, 0.3) is 10.3 Å². The number of aryl methyl sites for hydroxylation is 3. The number of aromatic nitrogens is 4. The molecule has 0 aromatic carbocycles. The zero-order valence-electron chi connectivity index (χ0n) is 12.7. The van der Waals surface area contributed by atoms with Crippen LogP contribution in [0.15, 0.2) is 18.3 Å². The van der Waals surface area contributed by atoms with Crippen molar-refractivity contribution in [2.45, 2.75) is 33.2 Å². The molecule has 1 atom stereocenters. The van der Waals surface area contributed by atoms with Crippen molar-refractivity contribution in [3.63, 3.8) is 0 Å². The smallest absolute Gasteiger partial charge is 0.185 e. The number of nitrogens with one attached hydrogen (secondary N) is 1. The van der Waals surface area contributed by atoms with Crippen LogP contribution in [0.1, 0.15) is 36.3 Å². The van der Waals surface area contributed by atoms with Gasteiger partial charge in [0, 0.05) is 13.2 Å². The molecule has 1 unspecified atom stereocenters. The Balaban J connectivity index is 1.88. The lowest BCUT2D eigenvalue weighted by atomic mass is 10.1. The fourth-order valence-corrected chi connectivity index (χ4v) is 3.35. The summed E-state index contributed by atoms with van der Waals surface area (Å²) in [4.78, 5) is 9.16. The minimum Gasteiger partial charge on any atom is -0.353 e. The van der Waals surface area contributed by atoms with Gasteiger partial charge < -0.3 is 5.32 Å². The summed E-state index contributed by atoms with van der Waals surface area (Å²) in [5.74, 6) is 0. The zero-order chi connectivity index (χ0) is 15.0. The van der Waals surface area contributed by atoms with Gasteiger partial charge in [-0.3, -0.25) is 4.98 Å². The van der Waals surface area contributed by atoms with Crippen LogP contribution in [-0.4, -0.2) is 19.7 Å². The fourth-order valence-electron chi connectivity index (χ4n) is 2.37. The Bertz CT molecular complexity index is 722. The molecule has 0 aliphatic rings. The topological polar surface area (TPSA) is 55.6 Å². The first-order valence-corrected chi connectivity index (χ1v) is 7.89. The third kappa shape index (κ3) is 2.63. The third-order valence-corrected chi connectivity index (χ3v) is 4.63. The van der Waals surface area contributed by atoms with Gasteiger partial charge >= 0.3 is 0 Å². The molecule has 3 heterocycles. The average Bonchev–Trinajstić information content (AvgIpc) is 2.99. The van der Waals surface area contributed by atoms with E-state index >= 15 is 0 Å². The number of hydrogen-bond acceptors (Lipinski definition) is 5. The van der Waals surface area contributed by atoms with Crippen LogP contribution in [-0.2, 0) is 7.05 Å². The van der Waals surface area contributed by atoms with Crippen molar-refractivity contribution in [1.29, 1.82) is 0 Å². The molecule has 0 saturated carbocycles. The molecule has 0 bridgehead atoms. The average molecular weight is 301 g/mol. The van der Waals surface area contributed by atoms with Gasteiger partial charge in [-0.15, -0.1) is 0 Å². The van der Waals surface area contributed by atoms with Gasteiger partial charge in [-0.25, -0.2) is 9.67 Å². The molecule has 0 radical (unpaired) electrons. The molecule has 0 aliphatic carbocycles. The first kappa shape index (κ1) is 14.0. The molecule has 0 fully saturated rings. The Morgan fingerprint density at radius 1 is 1.33 bits per heavy atom. The number of hydrogen-bond donors (Lipinski definition) is 1. The van der Waals surface area contributed by atoms with Crippen molar-refractivity contribution < 1.29 is 0 Å². The standard InChI is InChI=1S/C15H19N5S/c1-5-11(12-7-6-9(2)8-16-12)17-15-18-14-13(21-15)10(3)19-20(14)4/h6-8,11H,5H2,1-4H3,(H,17,18). The number of nitrogens with zero attached hydrogens (tertiary/aromatic N) is 4. The van der Waals surface area contributed by atoms with Crippen LogP contribution in [0.5, 0.6) is 0 Å². The maximum Gasteiger partial charge on any atom is 0.185 e. The molecule has 21 heavy (non-hydrogen) atoms. The molecule has 3 rings (SSSR count). The van der Waals surface area contributed by atoms with Crippen LogP contribution in [0.3, 0.4) is 0 Å². The summed E-state index contributed by atoms with van der Waals surface area (Å²) in [6.07, 6.45) is 2.87. The zero-order valence-corrected chi connectivity index (χ0v) is 13.5. The Hall–Kier alpha value is -1.95. The molecule has 0 amide bonds. The van der Waals surface area contributed by atoms with Crippen LogP contribution >= 0.6 is 11.3 Å². The molecule has 3 aromatic heterocycles. The summed E-state index contributed by atoms with van der Waals surface area (Å²) in [6, 6.07) is 4.36. The summed E-state index contributed by atoms with van der Waals surface area (Å²) in [5, 5.41) is 8.81. The van der Waals surface area contributed by atoms with E-state index in [2.05, 4.69) is 46.4 Å². The van der Waals surface area contributed by atoms with Gasteiger partial charge in [0.05, 0.1) is 22.1 Å². The Labute approximate surface area is 128 Å². The first-order valence-electron chi connectivity index (χ1n) is 7.07. The highest BCUT2D eigenvalue weighted by Gasteiger charge is 2.16. The molecule has 0 aliphatic heterocycles. The number of thiazole rings is 1. The second-order valence-corrected chi connectivity index (χ2v) is 6.25. The van der Waals surface area contributed by atoms with Crippen LogP contribution in [0.4, 0.5) is 5.13 Å². The van der Waals surface area contributed by atoms with Gasteiger partial charge in [0.2, 0.25) is 0 Å². The Morgan fingerprint density at radius 2 is 2.14 bits per heavy atom. The van der Waals surface area contributed by atoms with Gasteiger partial charge in [-0.05, 0) is 31.9 Å². The van der Waals surface area contributed by atoms with Crippen LogP contribution in [0.2, 0.25) is 0 Å². The maximum atomic E-state index is 4.64. The van der Waals surface area contributed by atoms with E-state index in [-0.39, 0.29) is 6.04 Å². The van der Waals surface area contributed by atoms with Gasteiger partial charge in [0.1, 0.15) is 0 Å². The van der Waals surface area contributed by atoms with Crippen LogP contribution in [0, 0.1) is 13.8 Å². The molecule has 3 aromatic rings. The predicted molar refractivity (Wildman–Crippen MR) is 86.8 cm³/mol. The fraction of sp³-hybridized carbons (Fsp3) is 0.400. The summed E-state index contributed by atoms with van der Waals surface area (Å²) in [7, 11) is 1.93. The van der Waals surface area contributed by atoms with E-state index in [0.29, 0.717) is 0 Å². The third-order valence-electron chi connectivity index (χ3n) is 3.54. The number of rotatable bonds is 4. The monoisotopic (exact) mass is 301 g/mol. The minimum absolute atomic E-state index is 0.180. The van der Waals surface area contributed by atoms with Crippen molar-refractivity contribution >= 4 is 26.8 Å². The summed E-state index contributed by atoms with van der Waals surface area (Å²) in [6.45, 7) is 6.22. The largest absolute Gasteiger partial charge is 0.353 e. The van der Waals surface area contributed by atoms with Crippen molar-refractivity contribution in [2.24, 2.45) is 7.05 Å². The highest BCUT2D eigenvalue weighted by Crippen LogP contribution is 2.31. The summed E-state index contributed by atoms with van der Waals surface area (Å²) < 4.78 is 2.98. The lowest BCUT2D eigenvalue weighted by Crippen LogP contribution is -2.11. The SMILES string of the molecule is CCC(Nc1nc2c(s1)c(C)nn2C)c1ccc(C)cn1. The molecule has 1 N–H and O–H groups in total. The predicted octanol–water partition coefficient (Wildman–Crippen LogP) is 3.60. The first-order chi connectivity index (χ1) is 10.1. The normalized spacial score (nSPS) is 12.8. The van der Waals surface area contributed by atoms with E-state index in [4.69, 9.17) is 0 Å². The van der Waals surface area contributed by atoms with Crippen molar-refractivity contribution in [3.8, 4) is 0 Å². The maximum absolute atomic E-state index is 4.64. The molecule has 110 valence electrons. The van der Waals surface area contributed by atoms with Crippen molar-refractivity contribution in [3.05, 3.63) is 35.3 Å². The second kappa shape index (κ2) is 5.44. The quantitative estimate of drug-likeness (QED) is 0.800. The second-order valence-electron chi connectivity index (χ2n) is 5.25. The van der Waals surface area contributed by atoms with Crippen LogP contribution < -0.4 is 5.32 Å². The van der Waals surface area contributed by atoms with Gasteiger partial charge in [0.25, 0.3) is 0 Å². The summed E-state index contributed by atoms with van der Waals surface area (Å²) in [5.41, 5.74) is 4.19. The van der Waals surface area contributed by atoms with Crippen molar-refractivity contribution in [2.75, 3.05) is 5.32 Å². The van der Waals surface area contributed by atoms with E-state index in [1.807, 2.05) is 24.9 Å². The number of fused-ring (bicyclic) bond motifs is 1. The molecular formula is C15H19N5S. The van der Waals surface area contributed by atoms with Gasteiger partial charge in [-0.2, -0.15) is 5.10 Å². The highest BCUT2D eigenvalue weighted by atomic mass is 32.1. The van der Waals surface area contributed by atoms with Gasteiger partial charge in [-0.1, -0.05) is 24.3 Å². The van der Waals surface area contributed by atoms with E-state index in [0.717, 1.165) is 33.3 Å². The molecular weight excluding hydrogens is 282 g/mol. The highest BCUT2D eigenvalue weighted by molar-refractivity contribution is 7.22. The van der Waals surface area contributed by atoms with E-state index in [1.54, 1.807) is 11.3 Å². The Kier molecular flexibility index (Phi) is 3.63. The van der Waals surface area contributed by atoms with E-state index in [9.17, 15) is 0 Å². The molecule has 5 nitrogen and oxygen atoms in total. The molecule has 6 heteroatoms. The van der Waals surface area contributed by atoms with E-state index < -0.39 is 0 Å². The lowest BCUT2D eigenvalue weighted by Gasteiger charge is -2.15. The number of anilines is 1. The Morgan fingerprint density at radius 3 is 2.76 bits per heavy atom. The lowest BCUT2D eigenvalue weighted by molar-refractivity contribution is 0.720. The molecule has 0 spiro atoms. The summed E-state index contributed by atoms with van der Waals surface area (Å²) >= 11 is 1.65. The minimum atomic E-state index is 0.180. The number of pyridine rings is 1. The van der Waals surface area contributed by atoms with Gasteiger partial charge in [0.15, 0.2) is 10.8 Å². The van der Waals surface area contributed by atoms with E-state index in [1.165, 1.54) is 5.56 Å². The van der Waals surface area contributed by atoms with Crippen molar-refractivity contribution in [1.82, 2.24) is 19.7 Å². The molecule has 0 saturated heterocycles.